The van der Waals surface area contributed by atoms with Gasteiger partial charge in [-0.05, 0) is 60.2 Å². The fourth-order valence-electron chi connectivity index (χ4n) is 2.83. The predicted octanol–water partition coefficient (Wildman–Crippen LogP) is 4.77. The quantitative estimate of drug-likeness (QED) is 0.438. The lowest BCUT2D eigenvalue weighted by atomic mass is 9.94. The lowest BCUT2D eigenvalue weighted by Crippen LogP contribution is -2.13. The van der Waals surface area contributed by atoms with Crippen LogP contribution < -0.4 is 11.2 Å². The van der Waals surface area contributed by atoms with Crippen LogP contribution in [0.4, 0.5) is 5.69 Å². The molecule has 0 bridgehead atoms. The third-order valence-corrected chi connectivity index (χ3v) is 4.34. The minimum Gasteiger partial charge on any atom is -0.399 e. The van der Waals surface area contributed by atoms with E-state index in [4.69, 9.17) is 5.73 Å². The molecule has 0 spiro atoms. The molecule has 0 aromatic heterocycles. The summed E-state index contributed by atoms with van der Waals surface area (Å²) < 4.78 is 0. The van der Waals surface area contributed by atoms with Gasteiger partial charge in [0.2, 0.25) is 0 Å². The van der Waals surface area contributed by atoms with Gasteiger partial charge in [-0.3, -0.25) is 5.43 Å². The highest BCUT2D eigenvalue weighted by atomic mass is 15.3. The van der Waals surface area contributed by atoms with E-state index < -0.39 is 0 Å². The van der Waals surface area contributed by atoms with Gasteiger partial charge in [0.1, 0.15) is 0 Å². The first-order chi connectivity index (χ1) is 11.5. The highest BCUT2D eigenvalue weighted by Crippen LogP contribution is 2.25. The van der Waals surface area contributed by atoms with Crippen LogP contribution in [0.5, 0.6) is 0 Å². The number of anilines is 1. The number of rotatable bonds is 7. The Morgan fingerprint density at radius 1 is 1.21 bits per heavy atom. The molecule has 1 atom stereocenters. The normalized spacial score (nSPS) is 12.3. The van der Waals surface area contributed by atoms with E-state index in [0.717, 1.165) is 29.8 Å². The van der Waals surface area contributed by atoms with Crippen LogP contribution in [0.15, 0.2) is 59.8 Å². The van der Waals surface area contributed by atoms with E-state index in [1.807, 2.05) is 30.5 Å². The molecule has 0 saturated heterocycles. The zero-order valence-corrected chi connectivity index (χ0v) is 14.8. The van der Waals surface area contributed by atoms with Crippen molar-refractivity contribution in [3.05, 3.63) is 77.0 Å². The molecule has 0 heterocycles. The molecule has 0 aliphatic carbocycles. The second-order valence-electron chi connectivity index (χ2n) is 6.06. The topological polar surface area (TPSA) is 50.4 Å². The van der Waals surface area contributed by atoms with Crippen LogP contribution in [-0.2, 0) is 6.42 Å². The van der Waals surface area contributed by atoms with Gasteiger partial charge in [0.25, 0.3) is 0 Å². The largest absolute Gasteiger partial charge is 0.399 e. The summed E-state index contributed by atoms with van der Waals surface area (Å²) in [5.41, 5.74) is 15.5. The molecule has 0 radical (unpaired) electrons. The van der Waals surface area contributed by atoms with E-state index in [1.54, 1.807) is 0 Å². The first-order valence-corrected chi connectivity index (χ1v) is 8.48. The summed E-state index contributed by atoms with van der Waals surface area (Å²) in [4.78, 5) is 0. The van der Waals surface area contributed by atoms with E-state index in [2.05, 4.69) is 56.1 Å². The summed E-state index contributed by atoms with van der Waals surface area (Å²) >= 11 is 0. The minimum absolute atomic E-state index is 0.215. The average molecular weight is 321 g/mol. The summed E-state index contributed by atoms with van der Waals surface area (Å²) in [5, 5.41) is 4.36. The van der Waals surface area contributed by atoms with Gasteiger partial charge in [-0.2, -0.15) is 5.10 Å². The Labute approximate surface area is 145 Å². The van der Waals surface area contributed by atoms with Crippen molar-refractivity contribution in [3.63, 3.8) is 0 Å². The summed E-state index contributed by atoms with van der Waals surface area (Å²) in [6, 6.07) is 14.3. The molecule has 3 heteroatoms. The number of nitrogens with zero attached hydrogens (tertiary/aromatic N) is 1. The Kier molecular flexibility index (Phi) is 6.19. The van der Waals surface area contributed by atoms with Crippen LogP contribution in [0, 0.1) is 6.92 Å². The zero-order valence-electron chi connectivity index (χ0n) is 14.8. The number of hydrazone groups is 1. The van der Waals surface area contributed by atoms with E-state index in [0.29, 0.717) is 0 Å². The Hall–Kier alpha value is -2.55. The molecule has 1 unspecified atom stereocenters. The first kappa shape index (κ1) is 17.8. The predicted molar refractivity (Wildman–Crippen MR) is 104 cm³/mol. The van der Waals surface area contributed by atoms with Gasteiger partial charge < -0.3 is 5.73 Å². The van der Waals surface area contributed by atoms with Crippen LogP contribution in [-0.4, -0.2) is 6.21 Å². The monoisotopic (exact) mass is 321 g/mol. The van der Waals surface area contributed by atoms with Crippen LogP contribution in [0.3, 0.4) is 0 Å². The Morgan fingerprint density at radius 3 is 2.54 bits per heavy atom. The maximum atomic E-state index is 5.76. The third-order valence-electron chi connectivity index (χ3n) is 4.34. The molecular weight excluding hydrogens is 294 g/mol. The molecule has 0 aliphatic heterocycles. The molecule has 0 fully saturated rings. The Morgan fingerprint density at radius 2 is 1.92 bits per heavy atom. The lowest BCUT2D eigenvalue weighted by molar-refractivity contribution is 0.686. The van der Waals surface area contributed by atoms with Crippen molar-refractivity contribution >= 4 is 11.9 Å². The number of nitrogens with two attached hydrogens (primary N) is 1. The maximum absolute atomic E-state index is 5.76. The summed E-state index contributed by atoms with van der Waals surface area (Å²) in [7, 11) is 0. The molecule has 2 aromatic carbocycles. The molecule has 3 nitrogen and oxygen atoms in total. The molecule has 126 valence electrons. The van der Waals surface area contributed by atoms with Gasteiger partial charge in [-0.15, -0.1) is 0 Å². The number of benzene rings is 2. The standard InChI is InChI=1S/C21H27N3/c1-5-18-13-17(8-7-15(18)3)14-23-24-16(4)21(6-2)19-9-11-20(22)12-10-19/h7-14,21,24H,4-6,22H2,1-3H3/b23-14+. The van der Waals surface area contributed by atoms with Gasteiger partial charge in [0, 0.05) is 17.3 Å². The molecule has 0 amide bonds. The first-order valence-electron chi connectivity index (χ1n) is 8.48. The average Bonchev–Trinajstić information content (AvgIpc) is 2.58. The summed E-state index contributed by atoms with van der Waals surface area (Å²) in [6.07, 6.45) is 3.83. The van der Waals surface area contributed by atoms with Crippen LogP contribution >= 0.6 is 0 Å². The SMILES string of the molecule is C=C(N/N=C/c1ccc(C)c(CC)c1)C(CC)c1ccc(N)cc1. The van der Waals surface area contributed by atoms with Crippen molar-refractivity contribution in [1.82, 2.24) is 5.43 Å². The van der Waals surface area contributed by atoms with Crippen LogP contribution in [0.25, 0.3) is 0 Å². The van der Waals surface area contributed by atoms with Crippen molar-refractivity contribution in [1.29, 1.82) is 0 Å². The number of nitrogens with one attached hydrogen (secondary N) is 1. The highest BCUT2D eigenvalue weighted by Gasteiger charge is 2.12. The van der Waals surface area contributed by atoms with Crippen molar-refractivity contribution in [2.45, 2.75) is 39.5 Å². The fraction of sp³-hybridized carbons (Fsp3) is 0.286. The minimum atomic E-state index is 0.215. The van der Waals surface area contributed by atoms with Gasteiger partial charge in [-0.1, -0.05) is 44.7 Å². The summed E-state index contributed by atoms with van der Waals surface area (Å²) in [5.74, 6) is 0.215. The van der Waals surface area contributed by atoms with E-state index in [9.17, 15) is 0 Å². The van der Waals surface area contributed by atoms with Crippen molar-refractivity contribution < 1.29 is 0 Å². The molecule has 0 saturated carbocycles. The Bertz CT molecular complexity index is 714. The fourth-order valence-corrected chi connectivity index (χ4v) is 2.83. The number of nitrogen functional groups attached to an aromatic ring is 1. The second-order valence-corrected chi connectivity index (χ2v) is 6.06. The lowest BCUT2D eigenvalue weighted by Gasteiger charge is -2.18. The highest BCUT2D eigenvalue weighted by molar-refractivity contribution is 5.79. The van der Waals surface area contributed by atoms with Gasteiger partial charge in [0.05, 0.1) is 6.21 Å². The van der Waals surface area contributed by atoms with Crippen molar-refractivity contribution in [2.75, 3.05) is 5.73 Å². The molecule has 24 heavy (non-hydrogen) atoms. The van der Waals surface area contributed by atoms with Crippen LogP contribution in [0.2, 0.25) is 0 Å². The second kappa shape index (κ2) is 8.34. The van der Waals surface area contributed by atoms with Gasteiger partial charge in [0.15, 0.2) is 0 Å². The molecule has 3 N–H and O–H groups in total. The smallest absolute Gasteiger partial charge is 0.0544 e. The van der Waals surface area contributed by atoms with E-state index in [-0.39, 0.29) is 5.92 Å². The number of allylic oxidation sites excluding steroid dienone is 1. The molecule has 0 aliphatic rings. The van der Waals surface area contributed by atoms with Crippen molar-refractivity contribution in [2.24, 2.45) is 5.10 Å². The van der Waals surface area contributed by atoms with E-state index in [1.165, 1.54) is 16.7 Å². The molecule has 2 rings (SSSR count). The molecule has 2 aromatic rings. The number of aryl methyl sites for hydroxylation is 2. The number of hydrogen-bond donors (Lipinski definition) is 2. The number of hydrogen-bond acceptors (Lipinski definition) is 3. The van der Waals surface area contributed by atoms with Crippen molar-refractivity contribution in [3.8, 4) is 0 Å². The van der Waals surface area contributed by atoms with Gasteiger partial charge in [-0.25, -0.2) is 0 Å². The maximum Gasteiger partial charge on any atom is 0.0544 e. The summed E-state index contributed by atoms with van der Waals surface area (Å²) in [6.45, 7) is 10.6. The van der Waals surface area contributed by atoms with E-state index >= 15 is 0 Å². The van der Waals surface area contributed by atoms with Gasteiger partial charge >= 0.3 is 0 Å². The Balaban J connectivity index is 2.04. The third kappa shape index (κ3) is 4.48. The van der Waals surface area contributed by atoms with Crippen LogP contribution in [0.1, 0.15) is 48.4 Å². The molecular formula is C21H27N3. The zero-order chi connectivity index (χ0) is 17.5.